The normalized spacial score (nSPS) is 17.1. The Bertz CT molecular complexity index is 960. The maximum Gasteiger partial charge on any atom is 2.00 e. The van der Waals surface area contributed by atoms with Gasteiger partial charge in [-0.05, 0) is 89.5 Å². The molecule has 0 amide bonds. The number of rotatable bonds is 6. The third-order valence-electron chi connectivity index (χ3n) is 4.84. The third-order valence-corrected chi connectivity index (χ3v) is 4.84. The topological polar surface area (TPSA) is 89.9 Å². The summed E-state index contributed by atoms with van der Waals surface area (Å²) in [7, 11) is 0. The Morgan fingerprint density at radius 2 is 0.944 bits per heavy atom. The Labute approximate surface area is 239 Å². The largest absolute Gasteiger partial charge is 2.00 e. The minimum Gasteiger partial charge on any atom is -0.507 e. The van der Waals surface area contributed by atoms with Gasteiger partial charge in [0.2, 0.25) is 0 Å². The molecular weight excluding hydrogens is 587 g/mol. The third kappa shape index (κ3) is 10.5. The van der Waals surface area contributed by atoms with Crippen LogP contribution in [0.2, 0.25) is 0 Å². The van der Waals surface area contributed by atoms with Gasteiger partial charge in [-0.1, -0.05) is 24.3 Å². The average Bonchev–Trinajstić information content (AvgIpc) is 3.57. The van der Waals surface area contributed by atoms with Crippen molar-refractivity contribution >= 4 is 23.9 Å². The number of hydrogen-bond acceptors (Lipinski definition) is 6. The van der Waals surface area contributed by atoms with E-state index in [4.69, 9.17) is 0 Å². The summed E-state index contributed by atoms with van der Waals surface area (Å²) in [6.07, 6.45) is 18.8. The van der Waals surface area contributed by atoms with E-state index in [0.717, 1.165) is 23.3 Å². The van der Waals surface area contributed by atoms with E-state index in [1.165, 1.54) is 0 Å². The Balaban J connectivity index is 0.000000341. The first kappa shape index (κ1) is 31.9. The van der Waals surface area contributed by atoms with Crippen LogP contribution < -0.4 is 0 Å². The molecule has 8 heteroatoms. The zero-order valence-electron chi connectivity index (χ0n) is 19.7. The van der Waals surface area contributed by atoms with E-state index < -0.39 is 0 Å². The van der Waals surface area contributed by atoms with Crippen LogP contribution in [0.1, 0.15) is 25.0 Å². The van der Waals surface area contributed by atoms with Crippen molar-refractivity contribution in [2.24, 2.45) is 20.4 Å². The van der Waals surface area contributed by atoms with Gasteiger partial charge < -0.3 is 10.2 Å². The van der Waals surface area contributed by atoms with Crippen LogP contribution in [-0.2, 0) is 37.5 Å². The van der Waals surface area contributed by atoms with Crippen LogP contribution in [-0.4, -0.2) is 34.1 Å². The first-order valence-corrected chi connectivity index (χ1v) is 10.7. The molecule has 0 unspecified atom stereocenters. The Morgan fingerprint density at radius 1 is 0.611 bits per heavy atom. The van der Waals surface area contributed by atoms with Crippen molar-refractivity contribution in [2.75, 3.05) is 0 Å². The molecule has 2 aliphatic rings. The number of phenols is 2. The Hall–Kier alpha value is -2.10. The van der Waals surface area contributed by atoms with Crippen molar-refractivity contribution in [3.05, 3.63) is 123 Å². The molecule has 0 bridgehead atoms. The second-order valence-corrected chi connectivity index (χ2v) is 7.32. The number of phenolic OH excluding ortho intramolecular Hbond substituents is 2. The van der Waals surface area contributed by atoms with Gasteiger partial charge in [0.05, 0.1) is 12.4 Å². The van der Waals surface area contributed by atoms with Crippen molar-refractivity contribution in [3.63, 3.8) is 0 Å². The fourth-order valence-electron chi connectivity index (χ4n) is 2.89. The van der Waals surface area contributed by atoms with Crippen LogP contribution in [0.4, 0.5) is 0 Å². The number of para-hydroxylation sites is 2. The first-order chi connectivity index (χ1) is 16.5. The molecule has 2 aromatic rings. The molecule has 36 heavy (non-hydrogen) atoms. The Morgan fingerprint density at radius 3 is 1.28 bits per heavy atom. The van der Waals surface area contributed by atoms with Crippen LogP contribution in [0.15, 0.2) is 68.9 Å². The molecule has 2 saturated carbocycles. The predicted octanol–water partition coefficient (Wildman–Crippen LogP) is 5.18. The molecule has 2 N–H and O–H groups in total. The second-order valence-electron chi connectivity index (χ2n) is 7.32. The van der Waals surface area contributed by atoms with Gasteiger partial charge in [-0.2, -0.15) is 20.4 Å². The molecule has 0 aliphatic heterocycles. The van der Waals surface area contributed by atoms with Crippen molar-refractivity contribution in [1.29, 1.82) is 0 Å². The van der Waals surface area contributed by atoms with Crippen LogP contribution in [0.5, 0.6) is 11.5 Å². The fraction of sp³-hybridized carbons (Fsp3) is 0.0714. The van der Waals surface area contributed by atoms with Crippen molar-refractivity contribution in [1.82, 2.24) is 0 Å². The summed E-state index contributed by atoms with van der Waals surface area (Å²) >= 11 is 0. The standard InChI is InChI=1S/2C14H13N2O.Fe.Pd/c2*1-11(12-6-2-3-7-12)16-15-10-13-8-4-5-9-14(13)17;;/h2*2-10,17H,1H3;;/q;;2*+2/b2*15-10+,16-11+;;. The van der Waals surface area contributed by atoms with Gasteiger partial charge in [0, 0.05) is 34.4 Å². The summed E-state index contributed by atoms with van der Waals surface area (Å²) in [5.74, 6) is 2.52. The van der Waals surface area contributed by atoms with E-state index in [1.54, 1.807) is 48.8 Å². The van der Waals surface area contributed by atoms with Gasteiger partial charge in [0.15, 0.2) is 0 Å². The van der Waals surface area contributed by atoms with Gasteiger partial charge in [-0.15, -0.1) is 0 Å². The van der Waals surface area contributed by atoms with E-state index in [0.29, 0.717) is 11.1 Å². The molecule has 0 saturated heterocycles. The van der Waals surface area contributed by atoms with Crippen LogP contribution in [0.25, 0.3) is 0 Å². The van der Waals surface area contributed by atoms with E-state index in [-0.39, 0.29) is 49.0 Å². The number of aromatic hydroxyl groups is 2. The zero-order valence-corrected chi connectivity index (χ0v) is 22.4. The monoisotopic (exact) mass is 612 g/mol. The van der Waals surface area contributed by atoms with Crippen molar-refractivity contribution in [2.45, 2.75) is 13.8 Å². The van der Waals surface area contributed by atoms with Gasteiger partial charge in [0.25, 0.3) is 0 Å². The molecule has 0 heterocycles. The fourth-order valence-corrected chi connectivity index (χ4v) is 2.89. The SMILES string of the molecule is C/C(=N\N=C\c1ccccc1O)[C]1[CH][CH][CH][CH]1.C/C(=N\N=C\c1ccccc1O)[C]1[CH][CH][CH][CH]1.[Fe+2].[Pd+2]. The van der Waals surface area contributed by atoms with Gasteiger partial charge in [0.1, 0.15) is 11.5 Å². The molecule has 6 nitrogen and oxygen atoms in total. The first-order valence-electron chi connectivity index (χ1n) is 10.7. The van der Waals surface area contributed by atoms with Crippen LogP contribution >= 0.6 is 0 Å². The second kappa shape index (κ2) is 17.4. The summed E-state index contributed by atoms with van der Waals surface area (Å²) in [6, 6.07) is 14.0. The van der Waals surface area contributed by atoms with Gasteiger partial charge in [-0.25, -0.2) is 0 Å². The zero-order chi connectivity index (χ0) is 24.2. The van der Waals surface area contributed by atoms with Crippen LogP contribution in [0, 0.1) is 63.2 Å². The summed E-state index contributed by atoms with van der Waals surface area (Å²) in [4.78, 5) is 0. The van der Waals surface area contributed by atoms with E-state index >= 15 is 0 Å². The molecule has 184 valence electrons. The molecule has 0 aromatic heterocycles. The van der Waals surface area contributed by atoms with Crippen molar-refractivity contribution < 1.29 is 47.7 Å². The minimum absolute atomic E-state index is 0. The molecule has 2 aromatic carbocycles. The molecule has 0 spiro atoms. The minimum atomic E-state index is 0. The summed E-state index contributed by atoms with van der Waals surface area (Å²) in [6.45, 7) is 3.80. The quantitative estimate of drug-likeness (QED) is 0.268. The molecule has 10 radical (unpaired) electrons. The summed E-state index contributed by atoms with van der Waals surface area (Å²) in [5.41, 5.74) is 3.02. The molecule has 4 rings (SSSR count). The number of nitrogens with zero attached hydrogens (tertiary/aromatic N) is 4. The molecular formula is C28H26FeN4O2Pd+4. The smallest absolute Gasteiger partial charge is 0.507 e. The number of hydrogen-bond donors (Lipinski definition) is 2. The Kier molecular flexibility index (Phi) is 15.4. The summed E-state index contributed by atoms with van der Waals surface area (Å²) in [5, 5.41) is 35.1. The molecule has 0 atom stereocenters. The van der Waals surface area contributed by atoms with E-state index in [2.05, 4.69) is 20.4 Å². The maximum absolute atomic E-state index is 9.52. The summed E-state index contributed by atoms with van der Waals surface area (Å²) < 4.78 is 0. The van der Waals surface area contributed by atoms with Crippen LogP contribution in [0.3, 0.4) is 0 Å². The average molecular weight is 613 g/mol. The van der Waals surface area contributed by atoms with Crippen molar-refractivity contribution in [3.8, 4) is 11.5 Å². The molecule has 2 fully saturated rings. The van der Waals surface area contributed by atoms with Gasteiger partial charge >= 0.3 is 37.5 Å². The number of benzene rings is 2. The van der Waals surface area contributed by atoms with E-state index in [9.17, 15) is 10.2 Å². The molecule has 2 aliphatic carbocycles. The van der Waals surface area contributed by atoms with Gasteiger partial charge in [-0.3, -0.25) is 0 Å². The maximum atomic E-state index is 9.52. The van der Waals surface area contributed by atoms with E-state index in [1.807, 2.05) is 77.3 Å². The predicted molar refractivity (Wildman–Crippen MR) is 139 cm³/mol.